The fraction of sp³-hybridized carbons (Fsp3) is 0.214. The summed E-state index contributed by atoms with van der Waals surface area (Å²) in [6.07, 6.45) is -0.796. The van der Waals surface area contributed by atoms with Crippen molar-refractivity contribution >= 4 is 28.4 Å². The minimum Gasteiger partial charge on any atom is -0.481 e. The van der Waals surface area contributed by atoms with Gasteiger partial charge in [0.1, 0.15) is 12.7 Å². The third-order valence-electron chi connectivity index (χ3n) is 5.91. The van der Waals surface area contributed by atoms with Crippen LogP contribution in [0, 0.1) is 0 Å². The Labute approximate surface area is 203 Å². The van der Waals surface area contributed by atoms with E-state index in [4.69, 9.17) is 21.1 Å². The van der Waals surface area contributed by atoms with Gasteiger partial charge in [-0.15, -0.1) is 0 Å². The van der Waals surface area contributed by atoms with E-state index >= 15 is 0 Å². The summed E-state index contributed by atoms with van der Waals surface area (Å²) in [4.78, 5) is 9.20. The Morgan fingerprint density at radius 3 is 2.41 bits per heavy atom. The summed E-state index contributed by atoms with van der Waals surface area (Å²) in [5.74, 6) is 1.16. The van der Waals surface area contributed by atoms with Gasteiger partial charge in [0.2, 0.25) is 11.8 Å². The Morgan fingerprint density at radius 2 is 1.74 bits per heavy atom. The van der Waals surface area contributed by atoms with Crippen molar-refractivity contribution in [1.29, 1.82) is 0 Å². The topological polar surface area (TPSA) is 63.9 Å². The Morgan fingerprint density at radius 1 is 0.971 bits per heavy atom. The maximum atomic E-state index is 11.2. The zero-order chi connectivity index (χ0) is 23.9. The number of aliphatic hydroxyl groups is 1. The largest absolute Gasteiger partial charge is 0.481 e. The van der Waals surface area contributed by atoms with E-state index < -0.39 is 6.10 Å². The highest BCUT2D eigenvalue weighted by atomic mass is 35.5. The first-order valence-electron chi connectivity index (χ1n) is 11.1. The van der Waals surface area contributed by atoms with Gasteiger partial charge in [0.05, 0.1) is 18.2 Å². The highest BCUT2D eigenvalue weighted by molar-refractivity contribution is 6.30. The van der Waals surface area contributed by atoms with E-state index in [1.165, 1.54) is 0 Å². The average Bonchev–Trinajstić information content (AvgIpc) is 3.22. The molecule has 0 saturated carbocycles. The number of aliphatic imine (C=N–C) groups is 1. The molecule has 34 heavy (non-hydrogen) atoms. The van der Waals surface area contributed by atoms with Gasteiger partial charge < -0.3 is 14.6 Å². The van der Waals surface area contributed by atoms with Crippen molar-refractivity contribution in [3.63, 3.8) is 0 Å². The lowest BCUT2D eigenvalue weighted by atomic mass is 9.95. The van der Waals surface area contributed by atoms with Crippen LogP contribution in [0.5, 0.6) is 5.88 Å². The van der Waals surface area contributed by atoms with Crippen molar-refractivity contribution in [1.82, 2.24) is 4.98 Å². The second-order valence-corrected chi connectivity index (χ2v) is 9.48. The quantitative estimate of drug-likeness (QED) is 0.375. The van der Waals surface area contributed by atoms with Crippen LogP contribution in [0.25, 0.3) is 22.0 Å². The van der Waals surface area contributed by atoms with E-state index in [9.17, 15) is 5.11 Å². The number of aliphatic hydroxyl groups excluding tert-OH is 1. The number of ether oxygens (including phenoxy) is 2. The molecule has 5 rings (SSSR count). The summed E-state index contributed by atoms with van der Waals surface area (Å²) in [7, 11) is 1.60. The van der Waals surface area contributed by atoms with Gasteiger partial charge in [0.15, 0.2) is 0 Å². The molecule has 1 unspecified atom stereocenters. The van der Waals surface area contributed by atoms with E-state index in [-0.39, 0.29) is 5.54 Å². The van der Waals surface area contributed by atoms with E-state index in [0.29, 0.717) is 23.4 Å². The van der Waals surface area contributed by atoms with Crippen LogP contribution < -0.4 is 4.74 Å². The first-order chi connectivity index (χ1) is 16.3. The Bertz CT molecular complexity index is 1400. The summed E-state index contributed by atoms with van der Waals surface area (Å²) in [5.41, 5.74) is 4.91. The molecule has 1 aliphatic rings. The number of pyridine rings is 1. The fourth-order valence-electron chi connectivity index (χ4n) is 4.12. The van der Waals surface area contributed by atoms with Gasteiger partial charge in [-0.2, -0.15) is 0 Å². The monoisotopic (exact) mass is 472 g/mol. The molecule has 1 aliphatic heterocycles. The molecule has 0 spiro atoms. The first-order valence-corrected chi connectivity index (χ1v) is 11.5. The lowest BCUT2D eigenvalue weighted by Gasteiger charge is -2.15. The summed E-state index contributed by atoms with van der Waals surface area (Å²) in [5, 5.41) is 12.7. The molecule has 0 fully saturated rings. The fourth-order valence-corrected chi connectivity index (χ4v) is 4.31. The number of halogens is 1. The Hall–Kier alpha value is -3.41. The lowest BCUT2D eigenvalue weighted by Crippen LogP contribution is -2.17. The van der Waals surface area contributed by atoms with Crippen LogP contribution in [0.4, 0.5) is 0 Å². The molecule has 172 valence electrons. The number of benzene rings is 3. The maximum absolute atomic E-state index is 11.2. The van der Waals surface area contributed by atoms with E-state index in [0.717, 1.165) is 38.7 Å². The molecule has 3 aromatic carbocycles. The van der Waals surface area contributed by atoms with E-state index in [1.807, 2.05) is 86.6 Å². The molecule has 4 aromatic rings. The van der Waals surface area contributed by atoms with Crippen molar-refractivity contribution in [3.8, 4) is 17.0 Å². The van der Waals surface area contributed by atoms with Crippen LogP contribution in [-0.2, 0) is 4.74 Å². The molecular formula is C28H25ClN2O3. The second kappa shape index (κ2) is 8.75. The molecule has 1 atom stereocenters. The highest BCUT2D eigenvalue weighted by Gasteiger charge is 2.27. The molecule has 1 aromatic heterocycles. The van der Waals surface area contributed by atoms with Gasteiger partial charge in [-0.1, -0.05) is 41.9 Å². The summed E-state index contributed by atoms with van der Waals surface area (Å²) >= 11 is 6.25. The zero-order valence-corrected chi connectivity index (χ0v) is 20.0. The summed E-state index contributed by atoms with van der Waals surface area (Å²) < 4.78 is 11.1. The first kappa shape index (κ1) is 22.4. The molecule has 0 amide bonds. The number of methoxy groups -OCH3 is 1. The van der Waals surface area contributed by atoms with Crippen molar-refractivity contribution < 1.29 is 14.6 Å². The normalized spacial score (nSPS) is 15.6. The number of hydrogen-bond acceptors (Lipinski definition) is 5. The molecule has 0 bridgehead atoms. The highest BCUT2D eigenvalue weighted by Crippen LogP contribution is 2.35. The SMILES string of the molecule is COc1cc(-c2cccc(Cl)c2)c2cc(C(O)c3ccc(C4=NC(C)(C)CO4)cc3)ccc2n1. The second-order valence-electron chi connectivity index (χ2n) is 9.04. The molecule has 5 nitrogen and oxygen atoms in total. The molecule has 2 heterocycles. The van der Waals surface area contributed by atoms with Crippen molar-refractivity contribution in [2.24, 2.45) is 4.99 Å². The minimum absolute atomic E-state index is 0.212. The van der Waals surface area contributed by atoms with Crippen molar-refractivity contribution in [2.75, 3.05) is 13.7 Å². The van der Waals surface area contributed by atoms with E-state index in [1.54, 1.807) is 7.11 Å². The van der Waals surface area contributed by atoms with Crippen LogP contribution >= 0.6 is 11.6 Å². The van der Waals surface area contributed by atoms with Gasteiger partial charge in [-0.3, -0.25) is 0 Å². The number of rotatable bonds is 5. The predicted molar refractivity (Wildman–Crippen MR) is 136 cm³/mol. The van der Waals surface area contributed by atoms with Crippen LogP contribution in [-0.4, -0.2) is 35.2 Å². The Kier molecular flexibility index (Phi) is 5.76. The smallest absolute Gasteiger partial charge is 0.216 e. The third kappa shape index (κ3) is 4.37. The summed E-state index contributed by atoms with van der Waals surface area (Å²) in [6.45, 7) is 4.65. The third-order valence-corrected chi connectivity index (χ3v) is 6.14. The summed E-state index contributed by atoms with van der Waals surface area (Å²) in [6, 6.07) is 23.0. The van der Waals surface area contributed by atoms with Gasteiger partial charge in [0, 0.05) is 22.0 Å². The Balaban J connectivity index is 1.52. The minimum atomic E-state index is -0.796. The van der Waals surface area contributed by atoms with Gasteiger partial charge in [-0.25, -0.2) is 9.98 Å². The number of fused-ring (bicyclic) bond motifs is 1. The van der Waals surface area contributed by atoms with Crippen LogP contribution in [0.15, 0.2) is 77.8 Å². The molecule has 0 aliphatic carbocycles. The van der Waals surface area contributed by atoms with Crippen molar-refractivity contribution in [3.05, 3.63) is 94.5 Å². The van der Waals surface area contributed by atoms with Gasteiger partial charge in [-0.05, 0) is 72.5 Å². The van der Waals surface area contributed by atoms with Crippen LogP contribution in [0.1, 0.15) is 36.6 Å². The van der Waals surface area contributed by atoms with E-state index in [2.05, 4.69) is 9.98 Å². The lowest BCUT2D eigenvalue weighted by molar-refractivity contribution is 0.220. The maximum Gasteiger partial charge on any atom is 0.216 e. The standard InChI is InChI=1S/C28H25ClN2O3/c1-28(2)16-34-27(31-28)18-9-7-17(8-10-18)26(32)20-11-12-24-23(14-20)22(15-25(30-24)33-3)19-5-4-6-21(29)13-19/h4-15,26,32H,16H2,1-3H3. The predicted octanol–water partition coefficient (Wildman–Crippen LogP) is 6.20. The molecular weight excluding hydrogens is 448 g/mol. The number of aromatic nitrogens is 1. The average molecular weight is 473 g/mol. The van der Waals surface area contributed by atoms with Crippen LogP contribution in [0.3, 0.4) is 0 Å². The van der Waals surface area contributed by atoms with Gasteiger partial charge >= 0.3 is 0 Å². The molecule has 1 N–H and O–H groups in total. The zero-order valence-electron chi connectivity index (χ0n) is 19.2. The molecule has 6 heteroatoms. The number of nitrogens with zero attached hydrogens (tertiary/aromatic N) is 2. The molecule has 0 saturated heterocycles. The van der Waals surface area contributed by atoms with Gasteiger partial charge in [0.25, 0.3) is 0 Å². The van der Waals surface area contributed by atoms with Crippen molar-refractivity contribution in [2.45, 2.75) is 25.5 Å². The molecule has 0 radical (unpaired) electrons. The van der Waals surface area contributed by atoms with Crippen LogP contribution in [0.2, 0.25) is 5.02 Å². The number of hydrogen-bond donors (Lipinski definition) is 1.